The Kier molecular flexibility index (Phi) is 3.81. The van der Waals surface area contributed by atoms with E-state index in [1.807, 2.05) is 0 Å². The minimum Gasteiger partial charge on any atom is -0.353 e. The van der Waals surface area contributed by atoms with Gasteiger partial charge in [0.25, 0.3) is 0 Å². The van der Waals surface area contributed by atoms with Gasteiger partial charge in [0.05, 0.1) is 5.69 Å². The first kappa shape index (κ1) is 13.0. The van der Waals surface area contributed by atoms with Crippen LogP contribution in [-0.2, 0) is 0 Å². The molecule has 2 fully saturated rings. The third-order valence-electron chi connectivity index (χ3n) is 5.00. The van der Waals surface area contributed by atoms with Crippen LogP contribution in [0, 0.1) is 12.8 Å². The topological polar surface area (TPSA) is 29.9 Å². The zero-order valence-corrected chi connectivity index (χ0v) is 12.4. The van der Waals surface area contributed by atoms with Crippen LogP contribution in [-0.4, -0.2) is 15.6 Å². The molecule has 3 rings (SSSR count). The standard InChI is InChI=1S/C16H27N3/c1-12-7-6-10-15(12)18-16-17-13(2)11-19(16)14-8-4-3-5-9-14/h11-12,14-15H,3-10H2,1-2H3,(H,17,18). The smallest absolute Gasteiger partial charge is 0.203 e. The number of anilines is 1. The molecule has 0 aromatic carbocycles. The van der Waals surface area contributed by atoms with Gasteiger partial charge in [0, 0.05) is 18.3 Å². The van der Waals surface area contributed by atoms with Gasteiger partial charge in [0.15, 0.2) is 0 Å². The van der Waals surface area contributed by atoms with Crippen molar-refractivity contribution in [2.45, 2.75) is 77.3 Å². The summed E-state index contributed by atoms with van der Waals surface area (Å²) in [6, 6.07) is 1.30. The number of aryl methyl sites for hydroxylation is 1. The normalized spacial score (nSPS) is 28.7. The van der Waals surface area contributed by atoms with Crippen LogP contribution in [0.1, 0.15) is 70.0 Å². The average molecular weight is 261 g/mol. The third kappa shape index (κ3) is 2.80. The third-order valence-corrected chi connectivity index (χ3v) is 5.00. The SMILES string of the molecule is Cc1cn(C2CCCCC2)c(NC2CCCC2C)n1. The molecule has 0 spiro atoms. The molecule has 3 nitrogen and oxygen atoms in total. The summed E-state index contributed by atoms with van der Waals surface area (Å²) >= 11 is 0. The second-order valence-electron chi connectivity index (χ2n) is 6.56. The molecule has 0 amide bonds. The predicted octanol–water partition coefficient (Wildman–Crippen LogP) is 4.30. The molecule has 1 N–H and O–H groups in total. The van der Waals surface area contributed by atoms with E-state index in [0.717, 1.165) is 17.6 Å². The molecule has 2 aliphatic carbocycles. The van der Waals surface area contributed by atoms with Gasteiger partial charge in [-0.2, -0.15) is 0 Å². The van der Waals surface area contributed by atoms with Gasteiger partial charge in [-0.15, -0.1) is 0 Å². The Labute approximate surface area is 116 Å². The summed E-state index contributed by atoms with van der Waals surface area (Å²) in [6.07, 6.45) is 13.1. The monoisotopic (exact) mass is 261 g/mol. The van der Waals surface area contributed by atoms with E-state index in [1.54, 1.807) is 0 Å². The maximum absolute atomic E-state index is 4.74. The zero-order valence-electron chi connectivity index (χ0n) is 12.4. The van der Waals surface area contributed by atoms with Gasteiger partial charge in [0.1, 0.15) is 0 Å². The Morgan fingerprint density at radius 3 is 2.58 bits per heavy atom. The van der Waals surface area contributed by atoms with Crippen LogP contribution in [0.2, 0.25) is 0 Å². The second-order valence-corrected chi connectivity index (χ2v) is 6.56. The van der Waals surface area contributed by atoms with Crippen LogP contribution in [0.15, 0.2) is 6.20 Å². The van der Waals surface area contributed by atoms with Gasteiger partial charge in [-0.3, -0.25) is 0 Å². The lowest BCUT2D eigenvalue weighted by Gasteiger charge is -2.26. The number of nitrogens with one attached hydrogen (secondary N) is 1. The first-order valence-corrected chi connectivity index (χ1v) is 8.06. The van der Waals surface area contributed by atoms with E-state index in [0.29, 0.717) is 12.1 Å². The summed E-state index contributed by atoms with van der Waals surface area (Å²) in [5.74, 6) is 1.92. The van der Waals surface area contributed by atoms with Gasteiger partial charge < -0.3 is 9.88 Å². The van der Waals surface area contributed by atoms with Crippen molar-refractivity contribution in [3.63, 3.8) is 0 Å². The largest absolute Gasteiger partial charge is 0.353 e. The molecule has 0 bridgehead atoms. The maximum Gasteiger partial charge on any atom is 0.203 e. The summed E-state index contributed by atoms with van der Waals surface area (Å²) in [6.45, 7) is 4.48. The molecular formula is C16H27N3. The van der Waals surface area contributed by atoms with Gasteiger partial charge in [0.2, 0.25) is 5.95 Å². The van der Waals surface area contributed by atoms with Crippen molar-refractivity contribution in [1.82, 2.24) is 9.55 Å². The highest BCUT2D eigenvalue weighted by atomic mass is 15.2. The molecule has 0 saturated heterocycles. The molecule has 1 aromatic heterocycles. The Hall–Kier alpha value is -0.990. The fraction of sp³-hybridized carbons (Fsp3) is 0.812. The molecule has 2 atom stereocenters. The fourth-order valence-electron chi connectivity index (χ4n) is 3.79. The highest BCUT2D eigenvalue weighted by Gasteiger charge is 2.26. The number of rotatable bonds is 3. The zero-order chi connectivity index (χ0) is 13.2. The van der Waals surface area contributed by atoms with E-state index in [9.17, 15) is 0 Å². The van der Waals surface area contributed by atoms with Gasteiger partial charge in [-0.25, -0.2) is 4.98 Å². The minimum atomic E-state index is 0.629. The molecule has 19 heavy (non-hydrogen) atoms. The van der Waals surface area contributed by atoms with Crippen molar-refractivity contribution < 1.29 is 0 Å². The van der Waals surface area contributed by atoms with Crippen LogP contribution in [0.5, 0.6) is 0 Å². The molecule has 2 aliphatic rings. The van der Waals surface area contributed by atoms with Crippen molar-refractivity contribution >= 4 is 5.95 Å². The van der Waals surface area contributed by atoms with Crippen LogP contribution in [0.25, 0.3) is 0 Å². The highest BCUT2D eigenvalue weighted by Crippen LogP contribution is 2.33. The maximum atomic E-state index is 4.74. The lowest BCUT2D eigenvalue weighted by Crippen LogP contribution is -2.25. The summed E-state index contributed by atoms with van der Waals surface area (Å²) in [5.41, 5.74) is 1.15. The number of imidazole rings is 1. The fourth-order valence-corrected chi connectivity index (χ4v) is 3.79. The van der Waals surface area contributed by atoms with Crippen LogP contribution in [0.4, 0.5) is 5.95 Å². The van der Waals surface area contributed by atoms with Crippen LogP contribution >= 0.6 is 0 Å². The summed E-state index contributed by atoms with van der Waals surface area (Å²) < 4.78 is 2.43. The van der Waals surface area contributed by atoms with Crippen molar-refractivity contribution in [1.29, 1.82) is 0 Å². The van der Waals surface area contributed by atoms with Gasteiger partial charge in [-0.1, -0.05) is 32.6 Å². The number of nitrogens with zero attached hydrogens (tertiary/aromatic N) is 2. The van der Waals surface area contributed by atoms with E-state index < -0.39 is 0 Å². The number of aromatic nitrogens is 2. The Morgan fingerprint density at radius 2 is 1.89 bits per heavy atom. The van der Waals surface area contributed by atoms with E-state index in [4.69, 9.17) is 4.98 Å². The quantitative estimate of drug-likeness (QED) is 0.879. The Morgan fingerprint density at radius 1 is 1.11 bits per heavy atom. The van der Waals surface area contributed by atoms with E-state index >= 15 is 0 Å². The average Bonchev–Trinajstić information content (AvgIpc) is 2.98. The Balaban J connectivity index is 1.76. The molecule has 2 unspecified atom stereocenters. The lowest BCUT2D eigenvalue weighted by atomic mass is 9.95. The van der Waals surface area contributed by atoms with Crippen LogP contribution < -0.4 is 5.32 Å². The first-order valence-electron chi connectivity index (χ1n) is 8.06. The molecule has 1 aromatic rings. The van der Waals surface area contributed by atoms with Crippen molar-refractivity contribution in [3.8, 4) is 0 Å². The molecule has 0 aliphatic heterocycles. The number of hydrogen-bond acceptors (Lipinski definition) is 2. The number of hydrogen-bond donors (Lipinski definition) is 1. The van der Waals surface area contributed by atoms with Crippen LogP contribution in [0.3, 0.4) is 0 Å². The second kappa shape index (κ2) is 5.56. The minimum absolute atomic E-state index is 0.629. The molecule has 2 saturated carbocycles. The van der Waals surface area contributed by atoms with E-state index in [2.05, 4.69) is 29.9 Å². The molecule has 3 heteroatoms. The summed E-state index contributed by atoms with van der Waals surface area (Å²) in [7, 11) is 0. The van der Waals surface area contributed by atoms with Crippen molar-refractivity contribution in [2.75, 3.05) is 5.32 Å². The molecular weight excluding hydrogens is 234 g/mol. The van der Waals surface area contributed by atoms with Gasteiger partial charge in [-0.05, 0) is 38.5 Å². The first-order chi connectivity index (χ1) is 9.24. The molecule has 106 valence electrons. The lowest BCUT2D eigenvalue weighted by molar-refractivity contribution is 0.354. The molecule has 1 heterocycles. The molecule has 0 radical (unpaired) electrons. The van der Waals surface area contributed by atoms with E-state index in [-0.39, 0.29) is 0 Å². The van der Waals surface area contributed by atoms with E-state index in [1.165, 1.54) is 51.4 Å². The van der Waals surface area contributed by atoms with Crippen molar-refractivity contribution in [2.24, 2.45) is 5.92 Å². The van der Waals surface area contributed by atoms with Crippen molar-refractivity contribution in [3.05, 3.63) is 11.9 Å². The predicted molar refractivity (Wildman–Crippen MR) is 79.5 cm³/mol. The summed E-state index contributed by atoms with van der Waals surface area (Å²) in [4.78, 5) is 4.74. The Bertz CT molecular complexity index is 418. The van der Waals surface area contributed by atoms with Gasteiger partial charge >= 0.3 is 0 Å². The highest BCUT2D eigenvalue weighted by molar-refractivity contribution is 5.32. The summed E-state index contributed by atoms with van der Waals surface area (Å²) in [5, 5.41) is 3.73.